The fraction of sp³-hybridized carbons (Fsp3) is 0.588. The number of aryl methyl sites for hydroxylation is 2. The van der Waals surface area contributed by atoms with Crippen molar-refractivity contribution in [3.05, 3.63) is 29.3 Å². The molecular weight excluding hydrogens is 266 g/mol. The van der Waals surface area contributed by atoms with Crippen LogP contribution < -0.4 is 10.1 Å². The Morgan fingerprint density at radius 3 is 2.29 bits per heavy atom. The van der Waals surface area contributed by atoms with Crippen LogP contribution in [0.4, 0.5) is 0 Å². The van der Waals surface area contributed by atoms with Crippen molar-refractivity contribution in [3.63, 3.8) is 0 Å². The third-order valence-corrected chi connectivity index (χ3v) is 4.05. The molecule has 1 aromatic rings. The topological polar surface area (TPSA) is 58.6 Å². The molecule has 0 saturated carbocycles. The highest BCUT2D eigenvalue weighted by molar-refractivity contribution is 5.77. The third kappa shape index (κ3) is 4.74. The van der Waals surface area contributed by atoms with Crippen molar-refractivity contribution >= 4 is 5.91 Å². The first-order valence-corrected chi connectivity index (χ1v) is 7.59. The molecule has 2 N–H and O–H groups in total. The largest absolute Gasteiger partial charge is 0.493 e. The number of nitrogens with one attached hydrogen (secondary N) is 1. The van der Waals surface area contributed by atoms with E-state index in [2.05, 4.69) is 5.32 Å². The van der Waals surface area contributed by atoms with Gasteiger partial charge in [0.05, 0.1) is 25.2 Å². The van der Waals surface area contributed by atoms with Crippen molar-refractivity contribution in [1.82, 2.24) is 5.32 Å². The molecule has 0 heterocycles. The quantitative estimate of drug-likeness (QED) is 0.775. The Labute approximate surface area is 127 Å². The summed E-state index contributed by atoms with van der Waals surface area (Å²) in [4.78, 5) is 12.0. The van der Waals surface area contributed by atoms with Crippen LogP contribution in [0.25, 0.3) is 0 Å². The Morgan fingerprint density at radius 1 is 1.24 bits per heavy atom. The number of para-hydroxylation sites is 1. The predicted molar refractivity (Wildman–Crippen MR) is 84.6 cm³/mol. The van der Waals surface area contributed by atoms with E-state index in [0.717, 1.165) is 16.9 Å². The molecule has 0 aromatic heterocycles. The molecular formula is C17H27NO3. The molecule has 0 bridgehead atoms. The number of hydrogen-bond donors (Lipinski definition) is 2. The molecule has 0 unspecified atom stereocenters. The Kier molecular flexibility index (Phi) is 6.69. The lowest BCUT2D eigenvalue weighted by atomic mass is 9.94. The molecule has 0 saturated heterocycles. The fourth-order valence-corrected chi connectivity index (χ4v) is 2.32. The van der Waals surface area contributed by atoms with Crippen LogP contribution in [0.5, 0.6) is 5.75 Å². The van der Waals surface area contributed by atoms with E-state index in [1.54, 1.807) is 0 Å². The molecule has 4 heteroatoms. The fourth-order valence-electron chi connectivity index (χ4n) is 2.32. The van der Waals surface area contributed by atoms with Crippen LogP contribution in [0.15, 0.2) is 18.2 Å². The number of ether oxygens (including phenoxy) is 1. The minimum Gasteiger partial charge on any atom is -0.493 e. The van der Waals surface area contributed by atoms with E-state index < -0.39 is 5.54 Å². The van der Waals surface area contributed by atoms with Gasteiger partial charge in [-0.3, -0.25) is 4.79 Å². The van der Waals surface area contributed by atoms with E-state index in [9.17, 15) is 9.90 Å². The van der Waals surface area contributed by atoms with Gasteiger partial charge in [0, 0.05) is 0 Å². The molecule has 1 aromatic carbocycles. The van der Waals surface area contributed by atoms with Crippen LogP contribution in [0.3, 0.4) is 0 Å². The molecule has 0 atom stereocenters. The van der Waals surface area contributed by atoms with E-state index in [4.69, 9.17) is 4.74 Å². The molecule has 0 aliphatic rings. The Bertz CT molecular complexity index is 439. The zero-order chi connectivity index (χ0) is 15.9. The number of rotatable bonds is 8. The summed E-state index contributed by atoms with van der Waals surface area (Å²) in [6.07, 6.45) is 1.71. The third-order valence-electron chi connectivity index (χ3n) is 4.05. The normalized spacial score (nSPS) is 11.3. The SMILES string of the molecule is CCC(CC)(CO)NC(=O)CCOc1c(C)cccc1C. The van der Waals surface area contributed by atoms with Crippen molar-refractivity contribution in [3.8, 4) is 5.75 Å². The van der Waals surface area contributed by atoms with E-state index in [0.29, 0.717) is 19.4 Å². The minimum absolute atomic E-state index is 0.0382. The number of carbonyl (C=O) groups excluding carboxylic acids is 1. The lowest BCUT2D eigenvalue weighted by Crippen LogP contribution is -2.50. The average Bonchev–Trinajstić information content (AvgIpc) is 2.48. The predicted octanol–water partition coefficient (Wildman–Crippen LogP) is 2.74. The summed E-state index contributed by atoms with van der Waals surface area (Å²) in [5.74, 6) is 0.767. The minimum atomic E-state index is -0.504. The number of carbonyl (C=O) groups is 1. The first kappa shape index (κ1) is 17.5. The van der Waals surface area contributed by atoms with Gasteiger partial charge in [0.1, 0.15) is 5.75 Å². The first-order chi connectivity index (χ1) is 9.98. The van der Waals surface area contributed by atoms with Gasteiger partial charge in [-0.2, -0.15) is 0 Å². The molecule has 0 radical (unpaired) electrons. The van der Waals surface area contributed by atoms with Gasteiger partial charge in [0.25, 0.3) is 0 Å². The maximum Gasteiger partial charge on any atom is 0.223 e. The summed E-state index contributed by atoms with van der Waals surface area (Å²) >= 11 is 0. The lowest BCUT2D eigenvalue weighted by Gasteiger charge is -2.30. The molecule has 4 nitrogen and oxygen atoms in total. The molecule has 0 aliphatic heterocycles. The zero-order valence-electron chi connectivity index (χ0n) is 13.5. The van der Waals surface area contributed by atoms with Crippen LogP contribution in [0.1, 0.15) is 44.2 Å². The highest BCUT2D eigenvalue weighted by Crippen LogP contribution is 2.22. The van der Waals surface area contributed by atoms with Crippen molar-refractivity contribution in [2.75, 3.05) is 13.2 Å². The van der Waals surface area contributed by atoms with Crippen LogP contribution in [-0.2, 0) is 4.79 Å². The Morgan fingerprint density at radius 2 is 1.81 bits per heavy atom. The highest BCUT2D eigenvalue weighted by atomic mass is 16.5. The van der Waals surface area contributed by atoms with Gasteiger partial charge in [-0.25, -0.2) is 0 Å². The molecule has 1 amide bonds. The first-order valence-electron chi connectivity index (χ1n) is 7.59. The molecule has 21 heavy (non-hydrogen) atoms. The second-order valence-corrected chi connectivity index (χ2v) is 5.51. The van der Waals surface area contributed by atoms with Gasteiger partial charge in [-0.15, -0.1) is 0 Å². The maximum absolute atomic E-state index is 12.0. The van der Waals surface area contributed by atoms with Gasteiger partial charge in [0.15, 0.2) is 0 Å². The van der Waals surface area contributed by atoms with Gasteiger partial charge in [0.2, 0.25) is 5.91 Å². The van der Waals surface area contributed by atoms with Crippen LogP contribution >= 0.6 is 0 Å². The van der Waals surface area contributed by atoms with Crippen molar-refractivity contribution < 1.29 is 14.6 Å². The van der Waals surface area contributed by atoms with Crippen LogP contribution in [0.2, 0.25) is 0 Å². The van der Waals surface area contributed by atoms with Crippen LogP contribution in [0, 0.1) is 13.8 Å². The van der Waals surface area contributed by atoms with Crippen molar-refractivity contribution in [2.24, 2.45) is 0 Å². The average molecular weight is 293 g/mol. The van der Waals surface area contributed by atoms with E-state index in [-0.39, 0.29) is 18.9 Å². The Balaban J connectivity index is 2.51. The van der Waals surface area contributed by atoms with Crippen LogP contribution in [-0.4, -0.2) is 29.8 Å². The van der Waals surface area contributed by atoms with Gasteiger partial charge >= 0.3 is 0 Å². The maximum atomic E-state index is 12.0. The summed E-state index contributed by atoms with van der Waals surface area (Å²) in [6, 6.07) is 5.98. The highest BCUT2D eigenvalue weighted by Gasteiger charge is 2.26. The second kappa shape index (κ2) is 8.03. The lowest BCUT2D eigenvalue weighted by molar-refractivity contribution is -0.124. The summed E-state index contributed by atoms with van der Waals surface area (Å²) in [6.45, 7) is 8.22. The zero-order valence-corrected chi connectivity index (χ0v) is 13.5. The number of aliphatic hydroxyl groups excluding tert-OH is 1. The molecule has 1 rings (SSSR count). The van der Waals surface area contributed by atoms with Crippen molar-refractivity contribution in [1.29, 1.82) is 0 Å². The number of benzene rings is 1. The van der Waals surface area contributed by atoms with Gasteiger partial charge < -0.3 is 15.2 Å². The van der Waals surface area contributed by atoms with E-state index >= 15 is 0 Å². The standard InChI is InChI=1S/C17H27NO3/c1-5-17(6-2,12-19)18-15(20)10-11-21-16-13(3)8-7-9-14(16)4/h7-9,19H,5-6,10-12H2,1-4H3,(H,18,20). The number of hydrogen-bond acceptors (Lipinski definition) is 3. The summed E-state index contributed by atoms with van der Waals surface area (Å²) in [5, 5.41) is 12.4. The molecule has 118 valence electrons. The molecule has 0 fully saturated rings. The van der Waals surface area contributed by atoms with Crippen molar-refractivity contribution in [2.45, 2.75) is 52.5 Å². The smallest absolute Gasteiger partial charge is 0.223 e. The number of amides is 1. The molecule has 0 spiro atoms. The van der Waals surface area contributed by atoms with E-state index in [1.807, 2.05) is 45.9 Å². The summed E-state index contributed by atoms with van der Waals surface area (Å²) < 4.78 is 5.73. The molecule has 0 aliphatic carbocycles. The number of aliphatic hydroxyl groups is 1. The summed E-state index contributed by atoms with van der Waals surface area (Å²) in [5.41, 5.74) is 1.64. The van der Waals surface area contributed by atoms with E-state index in [1.165, 1.54) is 0 Å². The van der Waals surface area contributed by atoms with Gasteiger partial charge in [-0.1, -0.05) is 32.0 Å². The Hall–Kier alpha value is -1.55. The monoisotopic (exact) mass is 293 g/mol. The summed E-state index contributed by atoms with van der Waals surface area (Å²) in [7, 11) is 0. The second-order valence-electron chi connectivity index (χ2n) is 5.51. The van der Waals surface area contributed by atoms with Gasteiger partial charge in [-0.05, 0) is 37.8 Å².